The van der Waals surface area contributed by atoms with E-state index in [1.165, 1.54) is 0 Å². The van der Waals surface area contributed by atoms with Crippen molar-refractivity contribution in [3.05, 3.63) is 25.3 Å². The van der Waals surface area contributed by atoms with Crippen LogP contribution in [0.5, 0.6) is 0 Å². The van der Waals surface area contributed by atoms with Crippen LogP contribution in [-0.2, 0) is 28.5 Å². The monoisotopic (exact) mass is 244 g/mol. The minimum Gasteiger partial charge on any atom is -0.435 e. The summed E-state index contributed by atoms with van der Waals surface area (Å²) in [5.41, 5.74) is 0. The lowest BCUT2D eigenvalue weighted by Gasteiger charge is -2.12. The Kier molecular flexibility index (Phi) is 8.62. The van der Waals surface area contributed by atoms with Gasteiger partial charge in [-0.2, -0.15) is 0 Å². The molecule has 0 radical (unpaired) electrons. The first kappa shape index (κ1) is 15.3. The van der Waals surface area contributed by atoms with E-state index in [4.69, 9.17) is 9.47 Å². The Bertz CT molecular complexity index is 273. The highest BCUT2D eigenvalue weighted by molar-refractivity contribution is 5.81. The van der Waals surface area contributed by atoms with E-state index >= 15 is 0 Å². The molecular formula is C11H16O6. The van der Waals surface area contributed by atoms with E-state index in [1.54, 1.807) is 6.92 Å². The van der Waals surface area contributed by atoms with Crippen molar-refractivity contribution in [1.29, 1.82) is 0 Å². The van der Waals surface area contributed by atoms with Gasteiger partial charge < -0.3 is 18.9 Å². The predicted molar refractivity (Wildman–Crippen MR) is 58.8 cm³/mol. The Labute approximate surface area is 99.8 Å². The Morgan fingerprint density at radius 3 is 2.18 bits per heavy atom. The second kappa shape index (κ2) is 9.56. The van der Waals surface area contributed by atoms with Gasteiger partial charge in [0.1, 0.15) is 0 Å². The van der Waals surface area contributed by atoms with E-state index in [9.17, 15) is 9.59 Å². The summed E-state index contributed by atoms with van der Waals surface area (Å²) in [5, 5.41) is 0. The van der Waals surface area contributed by atoms with E-state index in [-0.39, 0.29) is 26.3 Å². The van der Waals surface area contributed by atoms with Gasteiger partial charge in [0, 0.05) is 12.2 Å². The quantitative estimate of drug-likeness (QED) is 0.258. The Hall–Kier alpha value is -1.66. The van der Waals surface area contributed by atoms with Crippen molar-refractivity contribution >= 4 is 11.9 Å². The minimum atomic E-state index is -0.557. The molecule has 6 nitrogen and oxygen atoms in total. The maximum atomic E-state index is 10.6. The van der Waals surface area contributed by atoms with Crippen LogP contribution >= 0.6 is 0 Å². The van der Waals surface area contributed by atoms with Crippen LogP contribution in [0.25, 0.3) is 0 Å². The Morgan fingerprint density at radius 2 is 1.65 bits per heavy atom. The largest absolute Gasteiger partial charge is 0.435 e. The highest BCUT2D eigenvalue weighted by Crippen LogP contribution is 1.94. The normalized spacial score (nSPS) is 11.4. The number of hydrogen-bond acceptors (Lipinski definition) is 6. The van der Waals surface area contributed by atoms with Gasteiger partial charge >= 0.3 is 11.9 Å². The van der Waals surface area contributed by atoms with Gasteiger partial charge in [-0.1, -0.05) is 13.2 Å². The second-order valence-electron chi connectivity index (χ2n) is 2.92. The SMILES string of the molecule is C=CC(=O)OCOCC(C)OCOC(=O)C=C. The number of rotatable bonds is 9. The molecule has 0 N–H and O–H groups in total. The zero-order chi connectivity index (χ0) is 13.1. The first-order valence-electron chi connectivity index (χ1n) is 4.88. The maximum absolute atomic E-state index is 10.6. The molecule has 0 saturated heterocycles. The Morgan fingerprint density at radius 1 is 1.12 bits per heavy atom. The van der Waals surface area contributed by atoms with Crippen molar-refractivity contribution in [2.24, 2.45) is 0 Å². The fourth-order valence-corrected chi connectivity index (χ4v) is 0.688. The third kappa shape index (κ3) is 9.28. The third-order valence-electron chi connectivity index (χ3n) is 1.52. The molecule has 0 rings (SSSR count). The molecule has 6 heteroatoms. The summed E-state index contributed by atoms with van der Waals surface area (Å²) in [6.45, 7) is 8.03. The molecule has 0 bridgehead atoms. The van der Waals surface area contributed by atoms with Crippen molar-refractivity contribution in [1.82, 2.24) is 0 Å². The van der Waals surface area contributed by atoms with Crippen molar-refractivity contribution in [3.63, 3.8) is 0 Å². The lowest BCUT2D eigenvalue weighted by atomic mass is 10.4. The topological polar surface area (TPSA) is 71.1 Å². The average molecular weight is 244 g/mol. The molecular weight excluding hydrogens is 228 g/mol. The summed E-state index contributed by atoms with van der Waals surface area (Å²) in [6.07, 6.45) is 1.78. The van der Waals surface area contributed by atoms with Gasteiger partial charge in [-0.15, -0.1) is 0 Å². The predicted octanol–water partition coefficient (Wildman–Crippen LogP) is 0.781. The molecule has 0 spiro atoms. The molecule has 0 aliphatic rings. The smallest absolute Gasteiger partial charge is 0.332 e. The van der Waals surface area contributed by atoms with Crippen molar-refractivity contribution in [3.8, 4) is 0 Å². The Balaban J connectivity index is 3.43. The summed E-state index contributed by atoms with van der Waals surface area (Å²) in [7, 11) is 0. The first-order valence-corrected chi connectivity index (χ1v) is 4.88. The van der Waals surface area contributed by atoms with Gasteiger partial charge in [0.05, 0.1) is 12.7 Å². The van der Waals surface area contributed by atoms with Crippen LogP contribution in [0.1, 0.15) is 6.92 Å². The van der Waals surface area contributed by atoms with Crippen LogP contribution in [0.15, 0.2) is 25.3 Å². The highest BCUT2D eigenvalue weighted by atomic mass is 16.7. The number of hydrogen-bond donors (Lipinski definition) is 0. The average Bonchev–Trinajstić information content (AvgIpc) is 2.33. The van der Waals surface area contributed by atoms with E-state index in [0.717, 1.165) is 12.2 Å². The standard InChI is InChI=1S/C11H16O6/c1-4-10(12)16-7-14-6-9(3)15-8-17-11(13)5-2/h4-5,9H,1-2,6-8H2,3H3. The van der Waals surface area contributed by atoms with Gasteiger partial charge in [0.25, 0.3) is 0 Å². The zero-order valence-electron chi connectivity index (χ0n) is 9.72. The first-order chi connectivity index (χ1) is 8.10. The molecule has 0 aromatic heterocycles. The van der Waals surface area contributed by atoms with Gasteiger partial charge in [0.2, 0.25) is 0 Å². The molecule has 0 aromatic carbocycles. The van der Waals surface area contributed by atoms with E-state index in [0.29, 0.717) is 0 Å². The molecule has 96 valence electrons. The third-order valence-corrected chi connectivity index (χ3v) is 1.52. The number of carbonyl (C=O) groups is 2. The van der Waals surface area contributed by atoms with Gasteiger partial charge in [0.15, 0.2) is 13.6 Å². The molecule has 0 saturated carbocycles. The van der Waals surface area contributed by atoms with E-state index in [2.05, 4.69) is 22.6 Å². The van der Waals surface area contributed by atoms with Crippen LogP contribution in [0.3, 0.4) is 0 Å². The van der Waals surface area contributed by atoms with Gasteiger partial charge in [-0.3, -0.25) is 0 Å². The summed E-state index contributed by atoms with van der Waals surface area (Å²) in [6, 6.07) is 0. The molecule has 0 amide bonds. The maximum Gasteiger partial charge on any atom is 0.332 e. The number of carbonyl (C=O) groups excluding carboxylic acids is 2. The highest BCUT2D eigenvalue weighted by Gasteiger charge is 2.04. The molecule has 17 heavy (non-hydrogen) atoms. The zero-order valence-corrected chi connectivity index (χ0v) is 9.72. The van der Waals surface area contributed by atoms with Crippen LogP contribution < -0.4 is 0 Å². The molecule has 1 atom stereocenters. The van der Waals surface area contributed by atoms with E-state index < -0.39 is 11.9 Å². The fourth-order valence-electron chi connectivity index (χ4n) is 0.688. The lowest BCUT2D eigenvalue weighted by molar-refractivity contribution is -0.165. The van der Waals surface area contributed by atoms with Crippen molar-refractivity contribution < 1.29 is 28.5 Å². The molecule has 0 aliphatic carbocycles. The van der Waals surface area contributed by atoms with Crippen molar-refractivity contribution in [2.75, 3.05) is 20.2 Å². The van der Waals surface area contributed by atoms with Crippen LogP contribution in [0, 0.1) is 0 Å². The molecule has 0 heterocycles. The van der Waals surface area contributed by atoms with Crippen LogP contribution in [0.2, 0.25) is 0 Å². The molecule has 0 aromatic rings. The minimum absolute atomic E-state index is 0.176. The summed E-state index contributed by atoms with van der Waals surface area (Å²) >= 11 is 0. The van der Waals surface area contributed by atoms with Gasteiger partial charge in [-0.25, -0.2) is 9.59 Å². The van der Waals surface area contributed by atoms with Crippen LogP contribution in [0.4, 0.5) is 0 Å². The summed E-state index contributed by atoms with van der Waals surface area (Å²) < 4.78 is 19.2. The van der Waals surface area contributed by atoms with Gasteiger partial charge in [-0.05, 0) is 6.92 Å². The molecule has 1 unspecified atom stereocenters. The fraction of sp³-hybridized carbons (Fsp3) is 0.455. The lowest BCUT2D eigenvalue weighted by Crippen LogP contribution is -2.20. The summed E-state index contributed by atoms with van der Waals surface area (Å²) in [5.74, 6) is -1.11. The summed E-state index contributed by atoms with van der Waals surface area (Å²) in [4.78, 5) is 21.3. The molecule has 0 fully saturated rings. The number of ether oxygens (including phenoxy) is 4. The molecule has 0 aliphatic heterocycles. The second-order valence-corrected chi connectivity index (χ2v) is 2.92. The number of esters is 2. The van der Waals surface area contributed by atoms with Crippen molar-refractivity contribution in [2.45, 2.75) is 13.0 Å². The van der Waals surface area contributed by atoms with E-state index in [1.807, 2.05) is 0 Å². The van der Waals surface area contributed by atoms with Crippen LogP contribution in [-0.4, -0.2) is 38.2 Å².